The highest BCUT2D eigenvalue weighted by Crippen LogP contribution is 2.32. The molecule has 24 heavy (non-hydrogen) atoms. The summed E-state index contributed by atoms with van der Waals surface area (Å²) in [6.45, 7) is 6.77. The molecular weight excluding hydrogens is 328 g/mol. The van der Waals surface area contributed by atoms with Gasteiger partial charge in [0.2, 0.25) is 10.0 Å². The van der Waals surface area contributed by atoms with Crippen molar-refractivity contribution in [2.45, 2.75) is 31.6 Å². The molecule has 0 radical (unpaired) electrons. The Hall–Kier alpha value is -1.31. The topological polar surface area (TPSA) is 67.9 Å². The van der Waals surface area contributed by atoms with Gasteiger partial charge in [0.25, 0.3) is 0 Å². The normalized spacial score (nSPS) is 17.0. The van der Waals surface area contributed by atoms with Crippen molar-refractivity contribution >= 4 is 10.0 Å². The molecule has 0 aliphatic carbocycles. The highest BCUT2D eigenvalue weighted by atomic mass is 32.2. The first-order valence-electron chi connectivity index (χ1n) is 8.57. The summed E-state index contributed by atoms with van der Waals surface area (Å²) in [7, 11) is -1.57. The van der Waals surface area contributed by atoms with Crippen LogP contribution in [0.3, 0.4) is 0 Å². The summed E-state index contributed by atoms with van der Waals surface area (Å²) in [6, 6.07) is 4.85. The smallest absolute Gasteiger partial charge is 0.243 e. The number of rotatable bonds is 8. The molecule has 0 spiro atoms. The van der Waals surface area contributed by atoms with Crippen molar-refractivity contribution in [3.05, 3.63) is 18.2 Å². The molecule has 0 atom stereocenters. The quantitative estimate of drug-likeness (QED) is 0.773. The third kappa shape index (κ3) is 4.40. The number of hydrogen-bond acceptors (Lipinski definition) is 5. The van der Waals surface area contributed by atoms with Gasteiger partial charge in [0.15, 0.2) is 11.5 Å². The molecule has 0 amide bonds. The molecule has 0 bridgehead atoms. The molecule has 2 rings (SSSR count). The van der Waals surface area contributed by atoms with Gasteiger partial charge < -0.3 is 14.8 Å². The number of hydrogen-bond donors (Lipinski definition) is 1. The predicted molar refractivity (Wildman–Crippen MR) is 94.2 cm³/mol. The molecule has 1 fully saturated rings. The molecule has 6 nitrogen and oxygen atoms in total. The van der Waals surface area contributed by atoms with Crippen LogP contribution in [0.4, 0.5) is 0 Å². The van der Waals surface area contributed by atoms with Crippen LogP contribution in [0.2, 0.25) is 0 Å². The van der Waals surface area contributed by atoms with Crippen molar-refractivity contribution in [2.24, 2.45) is 5.92 Å². The third-order valence-electron chi connectivity index (χ3n) is 4.22. The Kier molecular flexibility index (Phi) is 6.89. The molecule has 1 aliphatic heterocycles. The fourth-order valence-corrected chi connectivity index (χ4v) is 4.47. The van der Waals surface area contributed by atoms with Gasteiger partial charge in [0, 0.05) is 19.2 Å². The average molecular weight is 356 g/mol. The van der Waals surface area contributed by atoms with Crippen LogP contribution < -0.4 is 14.8 Å². The fourth-order valence-electron chi connectivity index (χ4n) is 2.98. The van der Waals surface area contributed by atoms with Crippen LogP contribution in [-0.2, 0) is 10.0 Å². The lowest BCUT2D eigenvalue weighted by Crippen LogP contribution is -2.40. The Labute approximate surface area is 145 Å². The summed E-state index contributed by atoms with van der Waals surface area (Å²) in [5.41, 5.74) is 0. The van der Waals surface area contributed by atoms with Crippen LogP contribution in [0.15, 0.2) is 23.1 Å². The molecule has 0 aromatic heterocycles. The van der Waals surface area contributed by atoms with E-state index in [1.54, 1.807) is 22.5 Å². The van der Waals surface area contributed by atoms with Gasteiger partial charge in [-0.2, -0.15) is 4.31 Å². The van der Waals surface area contributed by atoms with Crippen LogP contribution in [-0.4, -0.2) is 52.6 Å². The van der Waals surface area contributed by atoms with Gasteiger partial charge in [0.1, 0.15) is 0 Å². The van der Waals surface area contributed by atoms with E-state index in [0.29, 0.717) is 43.7 Å². The largest absolute Gasteiger partial charge is 0.490 e. The first kappa shape index (κ1) is 19.0. The lowest BCUT2D eigenvalue weighted by Gasteiger charge is -2.31. The maximum Gasteiger partial charge on any atom is 0.243 e. The van der Waals surface area contributed by atoms with Crippen LogP contribution in [0, 0.1) is 5.92 Å². The van der Waals surface area contributed by atoms with Gasteiger partial charge in [-0.1, -0.05) is 0 Å². The summed E-state index contributed by atoms with van der Waals surface area (Å²) < 4.78 is 38.4. The van der Waals surface area contributed by atoms with E-state index in [1.807, 2.05) is 20.9 Å². The molecular formula is C17H28N2O4S. The average Bonchev–Trinajstić information content (AvgIpc) is 2.57. The maximum absolute atomic E-state index is 12.9. The molecule has 1 heterocycles. The second kappa shape index (κ2) is 8.69. The minimum absolute atomic E-state index is 0.265. The second-order valence-corrected chi connectivity index (χ2v) is 7.82. The molecule has 1 aliphatic rings. The summed E-state index contributed by atoms with van der Waals surface area (Å²) in [6.07, 6.45) is 1.77. The monoisotopic (exact) mass is 356 g/mol. The Bertz CT molecular complexity index is 625. The molecule has 1 N–H and O–H groups in total. The van der Waals surface area contributed by atoms with E-state index in [-0.39, 0.29) is 4.90 Å². The van der Waals surface area contributed by atoms with Crippen LogP contribution >= 0.6 is 0 Å². The summed E-state index contributed by atoms with van der Waals surface area (Å²) in [5, 5.41) is 3.16. The van der Waals surface area contributed by atoms with Gasteiger partial charge in [-0.15, -0.1) is 0 Å². The van der Waals surface area contributed by atoms with E-state index in [1.165, 1.54) is 0 Å². The lowest BCUT2D eigenvalue weighted by atomic mass is 9.98. The standard InChI is InChI=1S/C17H28N2O4S/c1-4-22-16-7-6-15(12-17(16)23-5-2)24(20,21)19-10-8-14(9-11-19)13-18-3/h6-7,12,14,18H,4-5,8-11,13H2,1-3H3. The van der Waals surface area contributed by atoms with Crippen LogP contribution in [0.5, 0.6) is 11.5 Å². The van der Waals surface area contributed by atoms with Gasteiger partial charge >= 0.3 is 0 Å². The Morgan fingerprint density at radius 2 is 1.75 bits per heavy atom. The highest BCUT2D eigenvalue weighted by Gasteiger charge is 2.29. The maximum atomic E-state index is 12.9. The number of nitrogens with zero attached hydrogens (tertiary/aromatic N) is 1. The number of benzene rings is 1. The van der Waals surface area contributed by atoms with Gasteiger partial charge in [-0.3, -0.25) is 0 Å². The number of nitrogens with one attached hydrogen (secondary N) is 1. The summed E-state index contributed by atoms with van der Waals surface area (Å²) in [5.74, 6) is 1.59. The van der Waals surface area contributed by atoms with E-state index >= 15 is 0 Å². The van der Waals surface area contributed by atoms with Crippen LogP contribution in [0.1, 0.15) is 26.7 Å². The molecule has 1 aromatic rings. The van der Waals surface area contributed by atoms with E-state index in [0.717, 1.165) is 19.4 Å². The second-order valence-electron chi connectivity index (χ2n) is 5.88. The minimum atomic E-state index is -3.50. The van der Waals surface area contributed by atoms with Crippen molar-refractivity contribution in [1.82, 2.24) is 9.62 Å². The molecule has 0 unspecified atom stereocenters. The minimum Gasteiger partial charge on any atom is -0.490 e. The first-order chi connectivity index (χ1) is 11.5. The van der Waals surface area contributed by atoms with Crippen LogP contribution in [0.25, 0.3) is 0 Å². The molecule has 1 saturated heterocycles. The van der Waals surface area contributed by atoms with Crippen molar-refractivity contribution < 1.29 is 17.9 Å². The van der Waals surface area contributed by atoms with E-state index in [9.17, 15) is 8.42 Å². The van der Waals surface area contributed by atoms with E-state index < -0.39 is 10.0 Å². The Morgan fingerprint density at radius 1 is 1.12 bits per heavy atom. The van der Waals surface area contributed by atoms with E-state index in [2.05, 4.69) is 5.32 Å². The van der Waals surface area contributed by atoms with Crippen molar-refractivity contribution in [3.63, 3.8) is 0 Å². The summed E-state index contributed by atoms with van der Waals surface area (Å²) in [4.78, 5) is 0.265. The zero-order valence-electron chi connectivity index (χ0n) is 14.7. The number of sulfonamides is 1. The molecule has 7 heteroatoms. The van der Waals surface area contributed by atoms with Gasteiger partial charge in [-0.25, -0.2) is 8.42 Å². The van der Waals surface area contributed by atoms with Crippen molar-refractivity contribution in [1.29, 1.82) is 0 Å². The lowest BCUT2D eigenvalue weighted by molar-refractivity contribution is 0.270. The number of piperidine rings is 1. The zero-order chi connectivity index (χ0) is 17.6. The molecule has 0 saturated carbocycles. The first-order valence-corrected chi connectivity index (χ1v) is 10.0. The summed E-state index contributed by atoms with van der Waals surface area (Å²) >= 11 is 0. The van der Waals surface area contributed by atoms with Crippen molar-refractivity contribution in [3.8, 4) is 11.5 Å². The molecule has 1 aromatic carbocycles. The molecule has 136 valence electrons. The van der Waals surface area contributed by atoms with Gasteiger partial charge in [0.05, 0.1) is 18.1 Å². The van der Waals surface area contributed by atoms with Crippen molar-refractivity contribution in [2.75, 3.05) is 39.9 Å². The zero-order valence-corrected chi connectivity index (χ0v) is 15.6. The fraction of sp³-hybridized carbons (Fsp3) is 0.647. The Balaban J connectivity index is 2.18. The van der Waals surface area contributed by atoms with Gasteiger partial charge in [-0.05, 0) is 58.3 Å². The predicted octanol–water partition coefficient (Wildman–Crippen LogP) is 2.10. The SMILES string of the molecule is CCOc1ccc(S(=O)(=O)N2CCC(CNC)CC2)cc1OCC. The Morgan fingerprint density at radius 3 is 2.33 bits per heavy atom. The number of ether oxygens (including phenoxy) is 2. The van der Waals surface area contributed by atoms with E-state index in [4.69, 9.17) is 9.47 Å². The highest BCUT2D eigenvalue weighted by molar-refractivity contribution is 7.89. The third-order valence-corrected chi connectivity index (χ3v) is 6.11.